The van der Waals surface area contributed by atoms with Crippen molar-refractivity contribution in [2.75, 3.05) is 0 Å². The van der Waals surface area contributed by atoms with Gasteiger partial charge in [0.25, 0.3) is 5.56 Å². The molecule has 0 bridgehead atoms. The maximum atomic E-state index is 12.9. The molecule has 5 nitrogen and oxygen atoms in total. The molecule has 0 unspecified atom stereocenters. The molecule has 0 saturated carbocycles. The monoisotopic (exact) mass is 316 g/mol. The number of nitrogens with one attached hydrogen (secondary N) is 1. The lowest BCUT2D eigenvalue weighted by Crippen LogP contribution is -2.22. The van der Waals surface area contributed by atoms with Crippen molar-refractivity contribution in [2.24, 2.45) is 0 Å². The van der Waals surface area contributed by atoms with Crippen molar-refractivity contribution in [3.8, 4) is 11.1 Å². The van der Waals surface area contributed by atoms with Crippen LogP contribution in [-0.2, 0) is 6.42 Å². The Morgan fingerprint density at radius 3 is 2.58 bits per heavy atom. The normalized spacial score (nSPS) is 11.0. The van der Waals surface area contributed by atoms with E-state index in [1.807, 2.05) is 55.6 Å². The van der Waals surface area contributed by atoms with Crippen LogP contribution in [0.5, 0.6) is 0 Å². The Kier molecular flexibility index (Phi) is 3.46. The molecule has 1 aromatic carbocycles. The van der Waals surface area contributed by atoms with Crippen LogP contribution in [0.3, 0.4) is 0 Å². The van der Waals surface area contributed by atoms with Crippen LogP contribution in [-0.4, -0.2) is 19.6 Å². The van der Waals surface area contributed by atoms with Crippen molar-refractivity contribution in [1.29, 1.82) is 0 Å². The SMILES string of the molecule is Cc1nc2c(-c3ccncc3)c[nH]n2c(=O)c1Cc1ccccc1. The third kappa shape index (κ3) is 2.40. The molecule has 24 heavy (non-hydrogen) atoms. The fourth-order valence-electron chi connectivity index (χ4n) is 2.90. The maximum absolute atomic E-state index is 12.9. The molecule has 5 heteroatoms. The molecule has 1 N–H and O–H groups in total. The number of H-pyrrole nitrogens is 1. The number of aromatic amines is 1. The van der Waals surface area contributed by atoms with E-state index in [-0.39, 0.29) is 5.56 Å². The van der Waals surface area contributed by atoms with Gasteiger partial charge in [0.15, 0.2) is 5.65 Å². The number of hydrogen-bond acceptors (Lipinski definition) is 3. The van der Waals surface area contributed by atoms with Crippen molar-refractivity contribution in [3.05, 3.63) is 88.2 Å². The number of benzene rings is 1. The lowest BCUT2D eigenvalue weighted by Gasteiger charge is -2.06. The molecule has 0 atom stereocenters. The summed E-state index contributed by atoms with van der Waals surface area (Å²) in [5.41, 5.74) is 5.03. The molecular formula is C19H16N4O. The van der Waals surface area contributed by atoms with E-state index in [4.69, 9.17) is 0 Å². The lowest BCUT2D eigenvalue weighted by atomic mass is 10.0. The second kappa shape index (κ2) is 5.77. The van der Waals surface area contributed by atoms with Crippen molar-refractivity contribution in [1.82, 2.24) is 19.6 Å². The van der Waals surface area contributed by atoms with Gasteiger partial charge in [-0.15, -0.1) is 0 Å². The molecule has 0 aliphatic rings. The number of aryl methyl sites for hydroxylation is 1. The Morgan fingerprint density at radius 1 is 1.08 bits per heavy atom. The fourth-order valence-corrected chi connectivity index (χ4v) is 2.90. The van der Waals surface area contributed by atoms with Gasteiger partial charge in [-0.3, -0.25) is 14.9 Å². The smallest absolute Gasteiger partial charge is 0.276 e. The van der Waals surface area contributed by atoms with Crippen LogP contribution in [0.25, 0.3) is 16.8 Å². The standard InChI is InChI=1S/C19H16N4O/c1-13-16(11-14-5-3-2-4-6-14)19(24)23-18(22-13)17(12-21-23)15-7-9-20-10-8-15/h2-10,12,21H,11H2,1H3. The van der Waals surface area contributed by atoms with Gasteiger partial charge in [-0.05, 0) is 30.2 Å². The van der Waals surface area contributed by atoms with Crippen LogP contribution in [0.2, 0.25) is 0 Å². The van der Waals surface area contributed by atoms with E-state index in [9.17, 15) is 4.79 Å². The van der Waals surface area contributed by atoms with Crippen LogP contribution in [0, 0.1) is 6.92 Å². The first-order valence-electron chi connectivity index (χ1n) is 7.78. The number of pyridine rings is 1. The van der Waals surface area contributed by atoms with E-state index < -0.39 is 0 Å². The molecule has 4 rings (SSSR count). The third-order valence-corrected chi connectivity index (χ3v) is 4.18. The summed E-state index contributed by atoms with van der Waals surface area (Å²) in [5.74, 6) is 0. The van der Waals surface area contributed by atoms with E-state index in [0.29, 0.717) is 17.6 Å². The van der Waals surface area contributed by atoms with E-state index in [2.05, 4.69) is 15.1 Å². The van der Waals surface area contributed by atoms with E-state index in [0.717, 1.165) is 22.4 Å². The van der Waals surface area contributed by atoms with Gasteiger partial charge in [0.2, 0.25) is 0 Å². The molecule has 0 amide bonds. The van der Waals surface area contributed by atoms with Crippen LogP contribution < -0.4 is 5.56 Å². The summed E-state index contributed by atoms with van der Waals surface area (Å²) < 4.78 is 1.51. The molecule has 3 heterocycles. The minimum absolute atomic E-state index is 0.0540. The summed E-state index contributed by atoms with van der Waals surface area (Å²) in [6.07, 6.45) is 5.84. The first-order chi connectivity index (χ1) is 11.7. The topological polar surface area (TPSA) is 63.1 Å². The average molecular weight is 316 g/mol. The molecule has 0 fully saturated rings. The number of aromatic nitrogens is 4. The van der Waals surface area contributed by atoms with E-state index in [1.54, 1.807) is 12.4 Å². The van der Waals surface area contributed by atoms with Crippen molar-refractivity contribution >= 4 is 5.65 Å². The third-order valence-electron chi connectivity index (χ3n) is 4.18. The summed E-state index contributed by atoms with van der Waals surface area (Å²) in [6.45, 7) is 1.89. The quantitative estimate of drug-likeness (QED) is 0.632. The van der Waals surface area contributed by atoms with E-state index >= 15 is 0 Å². The highest BCUT2D eigenvalue weighted by atomic mass is 16.1. The molecular weight excluding hydrogens is 300 g/mol. The van der Waals surface area contributed by atoms with Gasteiger partial charge in [0.1, 0.15) is 0 Å². The first kappa shape index (κ1) is 14.4. The molecule has 0 aliphatic heterocycles. The summed E-state index contributed by atoms with van der Waals surface area (Å²) >= 11 is 0. The summed E-state index contributed by atoms with van der Waals surface area (Å²) in [5, 5.41) is 3.03. The van der Waals surface area contributed by atoms with Gasteiger partial charge < -0.3 is 0 Å². The molecule has 4 aromatic rings. The van der Waals surface area contributed by atoms with Gasteiger partial charge >= 0.3 is 0 Å². The highest BCUT2D eigenvalue weighted by Crippen LogP contribution is 2.22. The zero-order chi connectivity index (χ0) is 16.5. The molecule has 3 aromatic heterocycles. The lowest BCUT2D eigenvalue weighted by molar-refractivity contribution is 0.860. The maximum Gasteiger partial charge on any atom is 0.276 e. The Bertz CT molecular complexity index is 1050. The Hall–Kier alpha value is -3.21. The number of nitrogens with zero attached hydrogens (tertiary/aromatic N) is 3. The largest absolute Gasteiger partial charge is 0.296 e. The van der Waals surface area contributed by atoms with Crippen LogP contribution >= 0.6 is 0 Å². The minimum atomic E-state index is -0.0540. The second-order valence-corrected chi connectivity index (χ2v) is 5.73. The van der Waals surface area contributed by atoms with Crippen LogP contribution in [0.4, 0.5) is 0 Å². The van der Waals surface area contributed by atoms with Crippen LogP contribution in [0.15, 0.2) is 65.8 Å². The minimum Gasteiger partial charge on any atom is -0.296 e. The number of rotatable bonds is 3. The number of fused-ring (bicyclic) bond motifs is 1. The molecule has 0 radical (unpaired) electrons. The fraction of sp³-hybridized carbons (Fsp3) is 0.105. The van der Waals surface area contributed by atoms with Crippen LogP contribution in [0.1, 0.15) is 16.8 Å². The molecule has 0 spiro atoms. The first-order valence-corrected chi connectivity index (χ1v) is 7.78. The molecule has 0 aliphatic carbocycles. The zero-order valence-corrected chi connectivity index (χ0v) is 13.2. The summed E-state index contributed by atoms with van der Waals surface area (Å²) in [4.78, 5) is 21.6. The van der Waals surface area contributed by atoms with Crippen molar-refractivity contribution in [2.45, 2.75) is 13.3 Å². The Labute approximate surface area is 138 Å². The molecule has 0 saturated heterocycles. The Morgan fingerprint density at radius 2 is 1.83 bits per heavy atom. The van der Waals surface area contributed by atoms with Gasteiger partial charge in [0, 0.05) is 41.8 Å². The van der Waals surface area contributed by atoms with Gasteiger partial charge in [-0.2, -0.15) is 0 Å². The van der Waals surface area contributed by atoms with E-state index in [1.165, 1.54) is 4.52 Å². The second-order valence-electron chi connectivity index (χ2n) is 5.73. The predicted octanol–water partition coefficient (Wildman–Crippen LogP) is 2.98. The predicted molar refractivity (Wildman–Crippen MR) is 93.0 cm³/mol. The zero-order valence-electron chi connectivity index (χ0n) is 13.2. The number of hydrogen-bond donors (Lipinski definition) is 1. The average Bonchev–Trinajstić information content (AvgIpc) is 3.04. The highest BCUT2D eigenvalue weighted by Gasteiger charge is 2.15. The summed E-state index contributed by atoms with van der Waals surface area (Å²) in [7, 11) is 0. The summed E-state index contributed by atoms with van der Waals surface area (Å²) in [6, 6.07) is 13.8. The van der Waals surface area contributed by atoms with Gasteiger partial charge in [-0.1, -0.05) is 30.3 Å². The van der Waals surface area contributed by atoms with Crippen molar-refractivity contribution < 1.29 is 0 Å². The highest BCUT2D eigenvalue weighted by molar-refractivity contribution is 5.76. The van der Waals surface area contributed by atoms with Gasteiger partial charge in [0.05, 0.1) is 0 Å². The van der Waals surface area contributed by atoms with Crippen molar-refractivity contribution in [3.63, 3.8) is 0 Å². The Balaban J connectivity index is 1.86. The van der Waals surface area contributed by atoms with Gasteiger partial charge in [-0.25, -0.2) is 9.50 Å². The molecule has 118 valence electrons.